The lowest BCUT2D eigenvalue weighted by Crippen LogP contribution is -2.30. The third kappa shape index (κ3) is 4.51. The van der Waals surface area contributed by atoms with Crippen molar-refractivity contribution in [3.8, 4) is 11.5 Å². The molecule has 35 heavy (non-hydrogen) atoms. The molecule has 8 heteroatoms. The summed E-state index contributed by atoms with van der Waals surface area (Å²) >= 11 is 0. The Morgan fingerprint density at radius 3 is 2.51 bits per heavy atom. The second kappa shape index (κ2) is 9.66. The summed E-state index contributed by atoms with van der Waals surface area (Å²) in [6, 6.07) is 13.5. The fourth-order valence-corrected chi connectivity index (χ4v) is 4.38. The average molecular weight is 478 g/mol. The summed E-state index contributed by atoms with van der Waals surface area (Å²) in [5.41, 5.74) is -0.275. The van der Waals surface area contributed by atoms with Gasteiger partial charge in [-0.05, 0) is 42.3 Å². The maximum Gasteiger partial charge on any atom is 0.343 e. The number of esters is 1. The predicted octanol–water partition coefficient (Wildman–Crippen LogP) is 4.17. The van der Waals surface area contributed by atoms with Crippen molar-refractivity contribution in [2.24, 2.45) is 5.92 Å². The normalized spacial score (nSPS) is 12.3. The largest absolute Gasteiger partial charge is 0.507 e. The highest BCUT2D eigenvalue weighted by Gasteiger charge is 2.30. The average Bonchev–Trinajstić information content (AvgIpc) is 2.84. The zero-order valence-corrected chi connectivity index (χ0v) is 20.0. The van der Waals surface area contributed by atoms with Crippen molar-refractivity contribution in [2.75, 3.05) is 14.2 Å². The standard InChI is InChI=1S/C27H27NO7/c1-15(2)14-28-21-10-9-17(33-3)11-16(21)12-20(26(28)31)19(13-23(29)34-4)24-25(30)18-7-5-6-8-22(18)35-27(24)32/h5-12,15,19,30H,13-14H2,1-4H3/t19-/m0/s1. The molecule has 2 aromatic carbocycles. The Labute approximate surface area is 201 Å². The third-order valence-corrected chi connectivity index (χ3v) is 6.02. The lowest BCUT2D eigenvalue weighted by Gasteiger charge is -2.21. The first-order valence-corrected chi connectivity index (χ1v) is 11.3. The third-order valence-electron chi connectivity index (χ3n) is 6.02. The van der Waals surface area contributed by atoms with Gasteiger partial charge in [0.25, 0.3) is 5.56 Å². The van der Waals surface area contributed by atoms with Gasteiger partial charge < -0.3 is 23.6 Å². The van der Waals surface area contributed by atoms with Crippen molar-refractivity contribution < 1.29 is 23.8 Å². The quantitative estimate of drug-likeness (QED) is 0.314. The predicted molar refractivity (Wildman–Crippen MR) is 132 cm³/mol. The number of pyridine rings is 1. The molecule has 0 aliphatic rings. The summed E-state index contributed by atoms with van der Waals surface area (Å²) in [6.07, 6.45) is -0.334. The molecule has 0 bridgehead atoms. The van der Waals surface area contributed by atoms with Gasteiger partial charge in [-0.25, -0.2) is 4.79 Å². The molecule has 8 nitrogen and oxygen atoms in total. The molecule has 0 aliphatic heterocycles. The first kappa shape index (κ1) is 24.1. The van der Waals surface area contributed by atoms with E-state index in [2.05, 4.69) is 0 Å². The minimum atomic E-state index is -1.09. The van der Waals surface area contributed by atoms with Crippen molar-refractivity contribution >= 4 is 27.8 Å². The van der Waals surface area contributed by atoms with E-state index in [9.17, 15) is 19.5 Å². The van der Waals surface area contributed by atoms with Gasteiger partial charge in [0.05, 0.1) is 37.1 Å². The van der Waals surface area contributed by atoms with Gasteiger partial charge in [-0.1, -0.05) is 26.0 Å². The molecule has 0 saturated heterocycles. The van der Waals surface area contributed by atoms with Gasteiger partial charge in [-0.15, -0.1) is 0 Å². The van der Waals surface area contributed by atoms with Crippen LogP contribution in [0.2, 0.25) is 0 Å². The first-order valence-electron chi connectivity index (χ1n) is 11.3. The van der Waals surface area contributed by atoms with E-state index >= 15 is 0 Å². The van der Waals surface area contributed by atoms with E-state index in [0.29, 0.717) is 28.6 Å². The summed E-state index contributed by atoms with van der Waals surface area (Å²) in [5.74, 6) is -1.32. The van der Waals surface area contributed by atoms with Gasteiger partial charge >= 0.3 is 11.6 Å². The lowest BCUT2D eigenvalue weighted by atomic mass is 9.88. The molecule has 0 amide bonds. The molecule has 182 valence electrons. The van der Waals surface area contributed by atoms with E-state index < -0.39 is 17.5 Å². The van der Waals surface area contributed by atoms with Gasteiger partial charge in [-0.2, -0.15) is 0 Å². The number of hydrogen-bond donors (Lipinski definition) is 1. The molecule has 0 radical (unpaired) electrons. The number of para-hydroxylation sites is 1. The van der Waals surface area contributed by atoms with Crippen LogP contribution in [-0.4, -0.2) is 29.9 Å². The SMILES string of the molecule is COC(=O)C[C@H](c1c(O)c2ccccc2oc1=O)c1cc2cc(OC)ccc2n(CC(C)C)c1=O. The Kier molecular flexibility index (Phi) is 6.64. The number of carbonyl (C=O) groups excluding carboxylic acids is 1. The number of nitrogens with zero attached hydrogens (tertiary/aromatic N) is 1. The molecule has 1 atom stereocenters. The fraction of sp³-hybridized carbons (Fsp3) is 0.296. The van der Waals surface area contributed by atoms with Gasteiger partial charge in [0, 0.05) is 23.4 Å². The van der Waals surface area contributed by atoms with Gasteiger partial charge in [0.15, 0.2) is 0 Å². The van der Waals surface area contributed by atoms with E-state index in [1.807, 2.05) is 13.8 Å². The molecule has 4 rings (SSSR count). The van der Waals surface area contributed by atoms with Crippen LogP contribution in [0.4, 0.5) is 0 Å². The van der Waals surface area contributed by atoms with Crippen LogP contribution < -0.4 is 15.9 Å². The van der Waals surface area contributed by atoms with E-state index in [1.54, 1.807) is 60.2 Å². The zero-order chi connectivity index (χ0) is 25.3. The Morgan fingerprint density at radius 2 is 1.83 bits per heavy atom. The maximum absolute atomic E-state index is 13.8. The molecule has 1 N–H and O–H groups in total. The lowest BCUT2D eigenvalue weighted by molar-refractivity contribution is -0.140. The van der Waals surface area contributed by atoms with Crippen LogP contribution in [0.5, 0.6) is 11.5 Å². The Morgan fingerprint density at radius 1 is 1.09 bits per heavy atom. The number of methoxy groups -OCH3 is 2. The van der Waals surface area contributed by atoms with E-state index in [0.717, 1.165) is 0 Å². The minimum Gasteiger partial charge on any atom is -0.507 e. The van der Waals surface area contributed by atoms with Crippen LogP contribution in [0.3, 0.4) is 0 Å². The number of benzene rings is 2. The van der Waals surface area contributed by atoms with Crippen LogP contribution >= 0.6 is 0 Å². The van der Waals surface area contributed by atoms with Crippen LogP contribution in [0.25, 0.3) is 21.9 Å². The topological polar surface area (TPSA) is 108 Å². The van der Waals surface area contributed by atoms with Crippen molar-refractivity contribution in [1.29, 1.82) is 0 Å². The van der Waals surface area contributed by atoms with Crippen molar-refractivity contribution in [3.05, 3.63) is 80.4 Å². The zero-order valence-electron chi connectivity index (χ0n) is 20.0. The molecule has 0 unspecified atom stereocenters. The van der Waals surface area contributed by atoms with Crippen LogP contribution in [-0.2, 0) is 16.1 Å². The van der Waals surface area contributed by atoms with Crippen LogP contribution in [0.15, 0.2) is 62.5 Å². The van der Waals surface area contributed by atoms with Crippen molar-refractivity contribution in [3.63, 3.8) is 0 Å². The van der Waals surface area contributed by atoms with Crippen molar-refractivity contribution in [1.82, 2.24) is 4.57 Å². The summed E-state index contributed by atoms with van der Waals surface area (Å²) in [5, 5.41) is 12.1. The minimum absolute atomic E-state index is 0.145. The molecule has 4 aromatic rings. The second-order valence-electron chi connectivity index (χ2n) is 8.81. The summed E-state index contributed by atoms with van der Waals surface area (Å²) in [4.78, 5) is 39.3. The fourth-order valence-electron chi connectivity index (χ4n) is 4.38. The Balaban J connectivity index is 2.07. The summed E-state index contributed by atoms with van der Waals surface area (Å²) < 4.78 is 17.3. The number of ether oxygens (including phenoxy) is 2. The smallest absolute Gasteiger partial charge is 0.343 e. The van der Waals surface area contributed by atoms with E-state index in [1.165, 1.54) is 7.11 Å². The number of fused-ring (bicyclic) bond motifs is 2. The number of rotatable bonds is 7. The molecule has 0 spiro atoms. The molecule has 0 saturated carbocycles. The molecular formula is C27H27NO7. The highest BCUT2D eigenvalue weighted by atomic mass is 16.5. The second-order valence-corrected chi connectivity index (χ2v) is 8.81. The van der Waals surface area contributed by atoms with Gasteiger partial charge in [0.1, 0.15) is 17.1 Å². The Hall–Kier alpha value is -4.07. The molecule has 0 aliphatic carbocycles. The number of hydrogen-bond acceptors (Lipinski definition) is 7. The highest BCUT2D eigenvalue weighted by Crippen LogP contribution is 2.36. The first-order chi connectivity index (χ1) is 16.7. The monoisotopic (exact) mass is 477 g/mol. The van der Waals surface area contributed by atoms with Gasteiger partial charge in [0.2, 0.25) is 0 Å². The molecule has 2 heterocycles. The maximum atomic E-state index is 13.8. The van der Waals surface area contributed by atoms with Crippen molar-refractivity contribution in [2.45, 2.75) is 32.7 Å². The van der Waals surface area contributed by atoms with E-state index in [-0.39, 0.29) is 40.4 Å². The number of carbonyl (C=O) groups is 1. The molecule has 2 aromatic heterocycles. The number of aromatic nitrogens is 1. The van der Waals surface area contributed by atoms with Crippen LogP contribution in [0, 0.1) is 5.92 Å². The summed E-state index contributed by atoms with van der Waals surface area (Å²) in [7, 11) is 2.77. The highest BCUT2D eigenvalue weighted by molar-refractivity contribution is 5.85. The summed E-state index contributed by atoms with van der Waals surface area (Å²) in [6.45, 7) is 4.40. The molecule has 0 fully saturated rings. The van der Waals surface area contributed by atoms with Gasteiger partial charge in [-0.3, -0.25) is 9.59 Å². The van der Waals surface area contributed by atoms with Crippen LogP contribution in [0.1, 0.15) is 37.3 Å². The molecular weight excluding hydrogens is 450 g/mol. The Bertz CT molecular complexity index is 1530. The van der Waals surface area contributed by atoms with E-state index in [4.69, 9.17) is 13.9 Å². The number of aromatic hydroxyl groups is 1.